The average molecular weight is 402 g/mol. The summed E-state index contributed by atoms with van der Waals surface area (Å²) in [6.45, 7) is 7.11. The van der Waals surface area contributed by atoms with Crippen LogP contribution in [0.25, 0.3) is 16.9 Å². The summed E-state index contributed by atoms with van der Waals surface area (Å²) >= 11 is 0. The van der Waals surface area contributed by atoms with Gasteiger partial charge in [-0.05, 0) is 37.0 Å². The van der Waals surface area contributed by atoms with Crippen LogP contribution in [-0.2, 0) is 13.1 Å². The summed E-state index contributed by atoms with van der Waals surface area (Å²) in [5.74, 6) is 0.384. The van der Waals surface area contributed by atoms with Crippen LogP contribution in [0.2, 0.25) is 0 Å². The molecule has 0 unspecified atom stereocenters. The molecule has 6 heteroatoms. The van der Waals surface area contributed by atoms with Gasteiger partial charge in [-0.3, -0.25) is 9.36 Å². The Hall–Kier alpha value is -3.41. The molecule has 6 nitrogen and oxygen atoms in total. The molecule has 0 aliphatic rings. The number of aryl methyl sites for hydroxylation is 1. The third-order valence-corrected chi connectivity index (χ3v) is 5.28. The highest BCUT2D eigenvalue weighted by molar-refractivity contribution is 5.72. The largest absolute Gasteiger partial charge is 0.337 e. The van der Waals surface area contributed by atoms with E-state index in [1.807, 2.05) is 60.0 Å². The quantitative estimate of drug-likeness (QED) is 0.493. The SMILES string of the molecule is Cc1cccc(Cn2cnc3c2c(=O)n(CCC(C)C)c(=O)n3-c2ccccc2)c1. The molecule has 4 aromatic rings. The van der Waals surface area contributed by atoms with Gasteiger partial charge in [0.1, 0.15) is 0 Å². The third kappa shape index (κ3) is 3.73. The van der Waals surface area contributed by atoms with Crippen molar-refractivity contribution in [2.24, 2.45) is 5.92 Å². The lowest BCUT2D eigenvalue weighted by Gasteiger charge is -2.13. The van der Waals surface area contributed by atoms with E-state index in [1.54, 1.807) is 10.9 Å². The fraction of sp³-hybridized carbons (Fsp3) is 0.292. The standard InChI is InChI=1S/C24H26N4O2/c1-17(2)12-13-27-23(29)21-22(28(24(27)30)20-10-5-4-6-11-20)25-16-26(21)15-19-9-7-8-18(3)14-19/h4-11,14,16-17H,12-13,15H2,1-3H3. The summed E-state index contributed by atoms with van der Waals surface area (Å²) in [4.78, 5) is 31.2. The predicted octanol–water partition coefficient (Wildman–Crippen LogP) is 3.75. The highest BCUT2D eigenvalue weighted by Crippen LogP contribution is 2.15. The lowest BCUT2D eigenvalue weighted by molar-refractivity contribution is 0.491. The molecule has 30 heavy (non-hydrogen) atoms. The van der Waals surface area contributed by atoms with E-state index >= 15 is 0 Å². The number of imidazole rings is 1. The number of hydrogen-bond donors (Lipinski definition) is 0. The highest BCUT2D eigenvalue weighted by atomic mass is 16.2. The second-order valence-electron chi connectivity index (χ2n) is 8.13. The van der Waals surface area contributed by atoms with Gasteiger partial charge >= 0.3 is 5.69 Å². The van der Waals surface area contributed by atoms with Crippen molar-refractivity contribution in [2.75, 3.05) is 0 Å². The molecule has 0 saturated heterocycles. The van der Waals surface area contributed by atoms with Gasteiger partial charge in [0.15, 0.2) is 11.2 Å². The van der Waals surface area contributed by atoms with Gasteiger partial charge in [0, 0.05) is 13.1 Å². The first-order valence-electron chi connectivity index (χ1n) is 10.3. The topological polar surface area (TPSA) is 61.8 Å². The monoisotopic (exact) mass is 402 g/mol. The number of para-hydroxylation sites is 1. The van der Waals surface area contributed by atoms with Gasteiger partial charge in [-0.2, -0.15) is 0 Å². The summed E-state index contributed by atoms with van der Waals surface area (Å²) in [6, 6.07) is 17.5. The minimum Gasteiger partial charge on any atom is -0.320 e. The van der Waals surface area contributed by atoms with E-state index in [-0.39, 0.29) is 11.2 Å². The van der Waals surface area contributed by atoms with Crippen LogP contribution in [-0.4, -0.2) is 18.7 Å². The highest BCUT2D eigenvalue weighted by Gasteiger charge is 2.19. The zero-order valence-electron chi connectivity index (χ0n) is 17.6. The van der Waals surface area contributed by atoms with Crippen molar-refractivity contribution in [3.63, 3.8) is 0 Å². The van der Waals surface area contributed by atoms with Crippen molar-refractivity contribution in [3.8, 4) is 5.69 Å². The van der Waals surface area contributed by atoms with Crippen LogP contribution < -0.4 is 11.2 Å². The van der Waals surface area contributed by atoms with Crippen molar-refractivity contribution < 1.29 is 0 Å². The first kappa shape index (κ1) is 19.9. The summed E-state index contributed by atoms with van der Waals surface area (Å²) in [5.41, 5.74) is 3.15. The molecule has 2 heterocycles. The van der Waals surface area contributed by atoms with Crippen molar-refractivity contribution in [3.05, 3.63) is 92.9 Å². The first-order chi connectivity index (χ1) is 14.5. The Balaban J connectivity index is 1.95. The first-order valence-corrected chi connectivity index (χ1v) is 10.3. The molecule has 0 aliphatic carbocycles. The van der Waals surface area contributed by atoms with Crippen LogP contribution in [0.1, 0.15) is 31.4 Å². The lowest BCUT2D eigenvalue weighted by Crippen LogP contribution is -2.40. The summed E-state index contributed by atoms with van der Waals surface area (Å²) in [5, 5.41) is 0. The van der Waals surface area contributed by atoms with Gasteiger partial charge in [-0.15, -0.1) is 0 Å². The number of aromatic nitrogens is 4. The Kier molecular flexibility index (Phi) is 5.40. The number of fused-ring (bicyclic) bond motifs is 1. The van der Waals surface area contributed by atoms with Gasteiger partial charge in [0.25, 0.3) is 5.56 Å². The van der Waals surface area contributed by atoms with E-state index in [0.29, 0.717) is 35.9 Å². The predicted molar refractivity (Wildman–Crippen MR) is 119 cm³/mol. The minimum atomic E-state index is -0.347. The van der Waals surface area contributed by atoms with Crippen molar-refractivity contribution in [1.82, 2.24) is 18.7 Å². The van der Waals surface area contributed by atoms with E-state index in [1.165, 1.54) is 4.57 Å². The normalized spacial score (nSPS) is 11.5. The van der Waals surface area contributed by atoms with Gasteiger partial charge in [0.2, 0.25) is 0 Å². The molecule has 0 bridgehead atoms. The zero-order chi connectivity index (χ0) is 21.3. The summed E-state index contributed by atoms with van der Waals surface area (Å²) in [7, 11) is 0. The van der Waals surface area contributed by atoms with Crippen LogP contribution >= 0.6 is 0 Å². The average Bonchev–Trinajstić information content (AvgIpc) is 3.12. The molecule has 2 aromatic heterocycles. The molecule has 0 spiro atoms. The molecule has 4 rings (SSSR count). The Morgan fingerprint density at radius 1 is 1.00 bits per heavy atom. The molecule has 2 aromatic carbocycles. The molecule has 0 aliphatic heterocycles. The van der Waals surface area contributed by atoms with E-state index < -0.39 is 0 Å². The lowest BCUT2D eigenvalue weighted by atomic mass is 10.1. The van der Waals surface area contributed by atoms with E-state index in [9.17, 15) is 9.59 Å². The molecule has 0 amide bonds. The molecule has 0 radical (unpaired) electrons. The third-order valence-electron chi connectivity index (χ3n) is 5.28. The number of rotatable bonds is 6. The van der Waals surface area contributed by atoms with Gasteiger partial charge in [-0.1, -0.05) is 61.9 Å². The zero-order valence-corrected chi connectivity index (χ0v) is 17.6. The second-order valence-corrected chi connectivity index (χ2v) is 8.13. The second kappa shape index (κ2) is 8.14. The number of nitrogens with zero attached hydrogens (tertiary/aromatic N) is 4. The summed E-state index contributed by atoms with van der Waals surface area (Å²) < 4.78 is 4.74. The van der Waals surface area contributed by atoms with Crippen LogP contribution in [0, 0.1) is 12.8 Å². The molecular weight excluding hydrogens is 376 g/mol. The summed E-state index contributed by atoms with van der Waals surface area (Å²) in [6.07, 6.45) is 2.40. The Bertz CT molecular complexity index is 1300. The maximum absolute atomic E-state index is 13.4. The van der Waals surface area contributed by atoms with Gasteiger partial charge in [0.05, 0.1) is 12.0 Å². The molecular formula is C24H26N4O2. The Labute approximate surface area is 175 Å². The van der Waals surface area contributed by atoms with Crippen molar-refractivity contribution >= 4 is 11.2 Å². The maximum Gasteiger partial charge on any atom is 0.337 e. The van der Waals surface area contributed by atoms with Crippen molar-refractivity contribution in [2.45, 2.75) is 40.3 Å². The van der Waals surface area contributed by atoms with Crippen LogP contribution in [0.15, 0.2) is 70.5 Å². The number of hydrogen-bond acceptors (Lipinski definition) is 3. The van der Waals surface area contributed by atoms with Gasteiger partial charge in [-0.25, -0.2) is 14.3 Å². The maximum atomic E-state index is 13.4. The van der Waals surface area contributed by atoms with Crippen LogP contribution in [0.3, 0.4) is 0 Å². The van der Waals surface area contributed by atoms with E-state index in [2.05, 4.69) is 24.9 Å². The molecule has 0 fully saturated rings. The number of benzene rings is 2. The molecule has 154 valence electrons. The smallest absolute Gasteiger partial charge is 0.320 e. The fourth-order valence-electron chi connectivity index (χ4n) is 3.70. The minimum absolute atomic E-state index is 0.284. The van der Waals surface area contributed by atoms with Crippen LogP contribution in [0.5, 0.6) is 0 Å². The Morgan fingerprint density at radius 3 is 2.47 bits per heavy atom. The molecule has 0 saturated carbocycles. The van der Waals surface area contributed by atoms with Gasteiger partial charge < -0.3 is 4.57 Å². The Morgan fingerprint density at radius 2 is 1.77 bits per heavy atom. The van der Waals surface area contributed by atoms with E-state index in [4.69, 9.17) is 0 Å². The molecule has 0 atom stereocenters. The van der Waals surface area contributed by atoms with Crippen LogP contribution in [0.4, 0.5) is 0 Å². The van der Waals surface area contributed by atoms with E-state index in [0.717, 1.165) is 17.5 Å². The molecule has 0 N–H and O–H groups in total. The fourth-order valence-corrected chi connectivity index (χ4v) is 3.70. The van der Waals surface area contributed by atoms with Crippen molar-refractivity contribution in [1.29, 1.82) is 0 Å².